The lowest BCUT2D eigenvalue weighted by atomic mass is 9.93. The van der Waals surface area contributed by atoms with E-state index in [0.29, 0.717) is 11.1 Å². The summed E-state index contributed by atoms with van der Waals surface area (Å²) in [4.78, 5) is 1.89. The van der Waals surface area contributed by atoms with Crippen molar-refractivity contribution in [1.29, 1.82) is 0 Å². The Kier molecular flexibility index (Phi) is 4.62. The van der Waals surface area contributed by atoms with E-state index >= 15 is 0 Å². The fourth-order valence-corrected chi connectivity index (χ4v) is 6.00. The molecule has 0 amide bonds. The minimum atomic E-state index is -0.0932. The second-order valence-corrected chi connectivity index (χ2v) is 10.2. The predicted octanol–water partition coefficient (Wildman–Crippen LogP) is 11.4. The van der Waals surface area contributed by atoms with Crippen LogP contribution in [0.2, 0.25) is 0 Å². The van der Waals surface area contributed by atoms with Gasteiger partial charge >= 0.3 is 0 Å². The normalized spacial score (nSPS) is 12.8. The van der Waals surface area contributed by atoms with Crippen LogP contribution in [-0.4, -0.2) is 0 Å². The van der Waals surface area contributed by atoms with Crippen LogP contribution in [0.5, 0.6) is 0 Å². The van der Waals surface area contributed by atoms with Gasteiger partial charge in [-0.05, 0) is 85.2 Å². The smallest absolute Gasteiger partial charge is 0.0645 e. The molecule has 0 bridgehead atoms. The molecule has 41 heavy (non-hydrogen) atoms. The standard InChI is InChI=1S/C40H27N/c1-2-14-31(15-3-1)41(40-27-30-13-5-7-17-34(30)36-19-10-11-21-38(36)40)32-24-22-28(23-25-32)39-26-29-12-4-6-16-33(29)35-18-8-9-20-37(35)39/h1-27H/i22D,23D,24D,25D. The molecule has 0 saturated carbocycles. The third kappa shape index (κ3) is 3.94. The Bertz CT molecular complexity index is 2410. The highest BCUT2D eigenvalue weighted by molar-refractivity contribution is 6.15. The molecule has 0 aliphatic rings. The van der Waals surface area contributed by atoms with Gasteiger partial charge in [0.2, 0.25) is 0 Å². The average molecular weight is 526 g/mol. The molecule has 0 heterocycles. The maximum absolute atomic E-state index is 9.46. The maximum Gasteiger partial charge on any atom is 0.0645 e. The lowest BCUT2D eigenvalue weighted by Gasteiger charge is -2.27. The van der Waals surface area contributed by atoms with Crippen molar-refractivity contribution in [1.82, 2.24) is 0 Å². The first kappa shape index (κ1) is 19.6. The van der Waals surface area contributed by atoms with E-state index in [0.717, 1.165) is 54.5 Å². The lowest BCUT2D eigenvalue weighted by Crippen LogP contribution is -2.10. The van der Waals surface area contributed by atoms with Gasteiger partial charge < -0.3 is 4.90 Å². The van der Waals surface area contributed by atoms with E-state index in [4.69, 9.17) is 0 Å². The second kappa shape index (κ2) is 9.66. The van der Waals surface area contributed by atoms with Gasteiger partial charge in [0.15, 0.2) is 0 Å². The van der Waals surface area contributed by atoms with Crippen LogP contribution in [0.3, 0.4) is 0 Å². The van der Waals surface area contributed by atoms with Gasteiger partial charge in [0, 0.05) is 16.8 Å². The Morgan fingerprint density at radius 2 is 0.878 bits per heavy atom. The first-order valence-electron chi connectivity index (χ1n) is 15.8. The topological polar surface area (TPSA) is 3.24 Å². The van der Waals surface area contributed by atoms with E-state index in [1.165, 1.54) is 0 Å². The van der Waals surface area contributed by atoms with Crippen molar-refractivity contribution in [3.63, 3.8) is 0 Å². The molecule has 0 aliphatic carbocycles. The Morgan fingerprint density at radius 3 is 1.54 bits per heavy atom. The summed E-state index contributed by atoms with van der Waals surface area (Å²) in [6.07, 6.45) is 0. The number of fused-ring (bicyclic) bond motifs is 6. The van der Waals surface area contributed by atoms with Crippen LogP contribution in [0.1, 0.15) is 5.48 Å². The van der Waals surface area contributed by atoms with E-state index < -0.39 is 0 Å². The molecule has 0 aliphatic heterocycles. The van der Waals surface area contributed by atoms with E-state index in [-0.39, 0.29) is 29.9 Å². The van der Waals surface area contributed by atoms with E-state index in [9.17, 15) is 5.48 Å². The van der Waals surface area contributed by atoms with Crippen LogP contribution in [0.25, 0.3) is 54.2 Å². The van der Waals surface area contributed by atoms with Crippen LogP contribution in [-0.2, 0) is 0 Å². The van der Waals surface area contributed by atoms with Crippen molar-refractivity contribution < 1.29 is 5.48 Å². The number of anilines is 3. The van der Waals surface area contributed by atoms with Crippen LogP contribution in [0.4, 0.5) is 17.1 Å². The molecule has 0 spiro atoms. The van der Waals surface area contributed by atoms with Crippen LogP contribution < -0.4 is 4.90 Å². The van der Waals surface area contributed by atoms with Gasteiger partial charge in [-0.25, -0.2) is 0 Å². The first-order chi connectivity index (χ1) is 22.0. The summed E-state index contributed by atoms with van der Waals surface area (Å²) in [6, 6.07) is 45.9. The zero-order valence-electron chi connectivity index (χ0n) is 26.2. The SMILES string of the molecule is [2H]c1c([2H])c(N(c2ccccc2)c2cc3ccccc3c3ccccc23)c([2H])c([2H])c1-c1cc2ccccc2c2ccccc12. The van der Waals surface area contributed by atoms with Crippen molar-refractivity contribution in [3.8, 4) is 11.1 Å². The summed E-state index contributed by atoms with van der Waals surface area (Å²) in [6.45, 7) is 0. The van der Waals surface area contributed by atoms with E-state index in [2.05, 4.69) is 36.4 Å². The largest absolute Gasteiger partial charge is 0.310 e. The minimum Gasteiger partial charge on any atom is -0.310 e. The van der Waals surface area contributed by atoms with Gasteiger partial charge in [-0.1, -0.05) is 127 Å². The van der Waals surface area contributed by atoms with Crippen LogP contribution in [0, 0.1) is 0 Å². The summed E-state index contributed by atoms with van der Waals surface area (Å²) >= 11 is 0. The number of benzene rings is 8. The summed E-state index contributed by atoms with van der Waals surface area (Å²) in [5, 5.41) is 8.14. The van der Waals surface area contributed by atoms with Gasteiger partial charge in [-0.3, -0.25) is 0 Å². The zero-order chi connectivity index (χ0) is 30.7. The van der Waals surface area contributed by atoms with Gasteiger partial charge in [0.25, 0.3) is 0 Å². The van der Waals surface area contributed by atoms with Crippen molar-refractivity contribution in [2.45, 2.75) is 0 Å². The summed E-state index contributed by atoms with van der Waals surface area (Å²) in [5.41, 5.74) is 2.75. The number of hydrogen-bond acceptors (Lipinski definition) is 1. The Hall–Kier alpha value is -5.40. The maximum atomic E-state index is 9.46. The van der Waals surface area contributed by atoms with Crippen molar-refractivity contribution in [2.24, 2.45) is 0 Å². The van der Waals surface area contributed by atoms with Gasteiger partial charge in [0.1, 0.15) is 0 Å². The Morgan fingerprint density at radius 1 is 0.390 bits per heavy atom. The van der Waals surface area contributed by atoms with Crippen molar-refractivity contribution >= 4 is 60.2 Å². The molecule has 8 aromatic carbocycles. The molecular weight excluding hydrogens is 494 g/mol. The highest BCUT2D eigenvalue weighted by Gasteiger charge is 2.17. The molecule has 192 valence electrons. The zero-order valence-corrected chi connectivity index (χ0v) is 22.2. The van der Waals surface area contributed by atoms with Crippen LogP contribution >= 0.6 is 0 Å². The highest BCUT2D eigenvalue weighted by Crippen LogP contribution is 2.43. The van der Waals surface area contributed by atoms with Gasteiger partial charge in [0.05, 0.1) is 11.2 Å². The summed E-state index contributed by atoms with van der Waals surface area (Å²) in [7, 11) is 0. The third-order valence-corrected chi connectivity index (χ3v) is 7.87. The van der Waals surface area contributed by atoms with E-state index in [1.807, 2.05) is 108 Å². The minimum absolute atomic E-state index is 0.0718. The number of para-hydroxylation sites is 1. The van der Waals surface area contributed by atoms with Crippen LogP contribution in [0.15, 0.2) is 164 Å². The first-order valence-corrected chi connectivity index (χ1v) is 13.8. The van der Waals surface area contributed by atoms with Gasteiger partial charge in [-0.15, -0.1) is 0 Å². The molecule has 0 N–H and O–H groups in total. The highest BCUT2D eigenvalue weighted by atomic mass is 15.1. The van der Waals surface area contributed by atoms with Gasteiger partial charge in [-0.2, -0.15) is 0 Å². The number of nitrogens with zero attached hydrogens (tertiary/aromatic N) is 1. The Balaban J connectivity index is 1.45. The fourth-order valence-electron chi connectivity index (χ4n) is 6.00. The molecule has 0 saturated heterocycles. The summed E-state index contributed by atoms with van der Waals surface area (Å²) < 4.78 is 37.7. The molecular formula is C40H27N. The monoisotopic (exact) mass is 525 g/mol. The summed E-state index contributed by atoms with van der Waals surface area (Å²) in [5.74, 6) is 0. The van der Waals surface area contributed by atoms with E-state index in [1.54, 1.807) is 0 Å². The number of hydrogen-bond donors (Lipinski definition) is 0. The second-order valence-electron chi connectivity index (χ2n) is 10.2. The Labute approximate surface area is 245 Å². The molecule has 1 nitrogen and oxygen atoms in total. The molecule has 0 radical (unpaired) electrons. The number of rotatable bonds is 4. The molecule has 1 heteroatoms. The van der Waals surface area contributed by atoms with Crippen molar-refractivity contribution in [3.05, 3.63) is 164 Å². The molecule has 0 atom stereocenters. The average Bonchev–Trinajstić information content (AvgIpc) is 3.09. The molecule has 8 rings (SSSR count). The molecule has 0 fully saturated rings. The predicted molar refractivity (Wildman–Crippen MR) is 177 cm³/mol. The fraction of sp³-hybridized carbons (Fsp3) is 0. The molecule has 0 aromatic heterocycles. The van der Waals surface area contributed by atoms with Crippen molar-refractivity contribution in [2.75, 3.05) is 4.90 Å². The quantitative estimate of drug-likeness (QED) is 0.207. The third-order valence-electron chi connectivity index (χ3n) is 7.87. The molecule has 8 aromatic rings. The lowest BCUT2D eigenvalue weighted by molar-refractivity contribution is 1.30. The molecule has 0 unspecified atom stereocenters.